The summed E-state index contributed by atoms with van der Waals surface area (Å²) < 4.78 is 0. The predicted octanol–water partition coefficient (Wildman–Crippen LogP) is 3.59. The highest BCUT2D eigenvalue weighted by Gasteiger charge is 2.22. The predicted molar refractivity (Wildman–Crippen MR) is 112 cm³/mol. The molecule has 0 aliphatic carbocycles. The lowest BCUT2D eigenvalue weighted by atomic mass is 10.1. The molecule has 0 atom stereocenters. The molecule has 148 valence electrons. The van der Waals surface area contributed by atoms with E-state index in [9.17, 15) is 9.59 Å². The van der Waals surface area contributed by atoms with Crippen LogP contribution in [-0.4, -0.2) is 47.8 Å². The summed E-state index contributed by atoms with van der Waals surface area (Å²) in [5, 5.41) is 3.91. The lowest BCUT2D eigenvalue weighted by Crippen LogP contribution is -2.48. The molecule has 1 saturated heterocycles. The van der Waals surface area contributed by atoms with Gasteiger partial charge in [0.15, 0.2) is 0 Å². The number of benzene rings is 2. The number of carbonyl (C=O) groups excluding carboxylic acids is 2. The van der Waals surface area contributed by atoms with Gasteiger partial charge in [0.2, 0.25) is 5.91 Å². The van der Waals surface area contributed by atoms with E-state index < -0.39 is 0 Å². The van der Waals surface area contributed by atoms with Crippen LogP contribution in [0.2, 0.25) is 10.0 Å². The molecule has 2 amide bonds. The number of halogens is 2. The highest BCUT2D eigenvalue weighted by molar-refractivity contribution is 6.42. The first kappa shape index (κ1) is 20.6. The average molecular weight is 420 g/mol. The highest BCUT2D eigenvalue weighted by Crippen LogP contribution is 2.26. The smallest absolute Gasteiger partial charge is 0.253 e. The Morgan fingerprint density at radius 3 is 2.32 bits per heavy atom. The Bertz CT molecular complexity index is 847. The van der Waals surface area contributed by atoms with Crippen molar-refractivity contribution in [2.45, 2.75) is 20.0 Å². The average Bonchev–Trinajstić information content (AvgIpc) is 2.70. The summed E-state index contributed by atoms with van der Waals surface area (Å²) in [5.74, 6) is -0.0383. The number of hydrogen-bond donors (Lipinski definition) is 1. The minimum atomic E-state index is -0.0721. The molecule has 5 nitrogen and oxygen atoms in total. The van der Waals surface area contributed by atoms with E-state index in [2.05, 4.69) is 10.2 Å². The van der Waals surface area contributed by atoms with Gasteiger partial charge in [0.1, 0.15) is 0 Å². The van der Waals surface area contributed by atoms with Crippen LogP contribution in [0.25, 0.3) is 0 Å². The number of piperazine rings is 1. The van der Waals surface area contributed by atoms with E-state index in [4.69, 9.17) is 23.2 Å². The zero-order valence-electron chi connectivity index (χ0n) is 15.8. The van der Waals surface area contributed by atoms with Crippen molar-refractivity contribution in [2.75, 3.05) is 26.2 Å². The van der Waals surface area contributed by atoms with Crippen LogP contribution in [0.4, 0.5) is 0 Å². The first-order valence-electron chi connectivity index (χ1n) is 9.22. The first-order chi connectivity index (χ1) is 13.4. The van der Waals surface area contributed by atoms with Crippen LogP contribution in [0.3, 0.4) is 0 Å². The number of nitrogens with one attached hydrogen (secondary N) is 1. The van der Waals surface area contributed by atoms with Gasteiger partial charge in [-0.2, -0.15) is 0 Å². The van der Waals surface area contributed by atoms with E-state index in [-0.39, 0.29) is 11.8 Å². The summed E-state index contributed by atoms with van der Waals surface area (Å²) in [4.78, 5) is 27.9. The van der Waals surface area contributed by atoms with Crippen LogP contribution in [0, 0.1) is 0 Å². The van der Waals surface area contributed by atoms with Crippen molar-refractivity contribution in [2.24, 2.45) is 0 Å². The van der Waals surface area contributed by atoms with Gasteiger partial charge in [0.05, 0.1) is 10.0 Å². The second kappa shape index (κ2) is 9.41. The molecule has 0 bridgehead atoms. The van der Waals surface area contributed by atoms with Crippen LogP contribution >= 0.6 is 23.2 Å². The molecular formula is C21H23Cl2N3O2. The van der Waals surface area contributed by atoms with Crippen molar-refractivity contribution in [3.63, 3.8) is 0 Å². The molecule has 0 radical (unpaired) electrons. The fraction of sp³-hybridized carbons (Fsp3) is 0.333. The maximum absolute atomic E-state index is 12.7. The van der Waals surface area contributed by atoms with Crippen LogP contribution in [0.15, 0.2) is 42.5 Å². The minimum absolute atomic E-state index is 0.0338. The molecule has 0 spiro atoms. The number of nitrogens with zero attached hydrogens (tertiary/aromatic N) is 2. The maximum atomic E-state index is 12.7. The third-order valence-corrected chi connectivity index (χ3v) is 5.69. The molecule has 1 fully saturated rings. The van der Waals surface area contributed by atoms with Crippen molar-refractivity contribution in [1.29, 1.82) is 0 Å². The zero-order chi connectivity index (χ0) is 20.1. The van der Waals surface area contributed by atoms with Gasteiger partial charge < -0.3 is 10.2 Å². The minimum Gasteiger partial charge on any atom is -0.352 e. The molecule has 1 N–H and O–H groups in total. The Balaban J connectivity index is 1.53. The molecule has 7 heteroatoms. The number of carbonyl (C=O) groups is 2. The summed E-state index contributed by atoms with van der Waals surface area (Å²) in [7, 11) is 0. The molecule has 2 aromatic rings. The fourth-order valence-corrected chi connectivity index (χ4v) is 3.57. The molecule has 1 aliphatic rings. The SMILES string of the molecule is CC(=O)NCc1ccc(C(=O)N2CCN(Cc3cccc(Cl)c3Cl)CC2)cc1. The van der Waals surface area contributed by atoms with Crippen molar-refractivity contribution in [1.82, 2.24) is 15.1 Å². The number of rotatable bonds is 5. The Morgan fingerprint density at radius 1 is 1.00 bits per heavy atom. The van der Waals surface area contributed by atoms with Crippen LogP contribution in [0.1, 0.15) is 28.4 Å². The third-order valence-electron chi connectivity index (χ3n) is 4.83. The van der Waals surface area contributed by atoms with Crippen molar-refractivity contribution >= 4 is 35.0 Å². The van der Waals surface area contributed by atoms with Crippen LogP contribution in [0.5, 0.6) is 0 Å². The monoisotopic (exact) mass is 419 g/mol. The van der Waals surface area contributed by atoms with Crippen LogP contribution in [-0.2, 0) is 17.9 Å². The summed E-state index contributed by atoms with van der Waals surface area (Å²) in [6.45, 7) is 5.59. The summed E-state index contributed by atoms with van der Waals surface area (Å²) in [5.41, 5.74) is 2.64. The number of amides is 2. The molecule has 0 aromatic heterocycles. The van der Waals surface area contributed by atoms with E-state index in [1.165, 1.54) is 6.92 Å². The van der Waals surface area contributed by atoms with Gasteiger partial charge in [-0.15, -0.1) is 0 Å². The van der Waals surface area contributed by atoms with Crippen molar-refractivity contribution in [3.8, 4) is 0 Å². The zero-order valence-corrected chi connectivity index (χ0v) is 17.3. The summed E-state index contributed by atoms with van der Waals surface area (Å²) in [6.07, 6.45) is 0. The maximum Gasteiger partial charge on any atom is 0.253 e. The van der Waals surface area contributed by atoms with Gasteiger partial charge in [0.25, 0.3) is 5.91 Å². The summed E-state index contributed by atoms with van der Waals surface area (Å²) in [6, 6.07) is 13.1. The largest absolute Gasteiger partial charge is 0.352 e. The Morgan fingerprint density at radius 2 is 1.68 bits per heavy atom. The standard InChI is InChI=1S/C21H23Cl2N3O2/c1-15(27)24-13-16-5-7-17(8-6-16)21(28)26-11-9-25(10-12-26)14-18-3-2-4-19(22)20(18)23/h2-8H,9-14H2,1H3,(H,24,27). The molecule has 0 unspecified atom stereocenters. The van der Waals surface area contributed by atoms with Gasteiger partial charge in [0, 0.05) is 51.8 Å². The van der Waals surface area contributed by atoms with E-state index in [0.29, 0.717) is 35.2 Å². The molecule has 1 heterocycles. The highest BCUT2D eigenvalue weighted by atomic mass is 35.5. The van der Waals surface area contributed by atoms with Gasteiger partial charge in [-0.25, -0.2) is 0 Å². The van der Waals surface area contributed by atoms with Gasteiger partial charge in [-0.3, -0.25) is 14.5 Å². The lowest BCUT2D eigenvalue weighted by Gasteiger charge is -2.35. The van der Waals surface area contributed by atoms with Gasteiger partial charge >= 0.3 is 0 Å². The molecule has 3 rings (SSSR count). The van der Waals surface area contributed by atoms with E-state index in [0.717, 1.165) is 30.8 Å². The fourth-order valence-electron chi connectivity index (χ4n) is 3.19. The first-order valence-corrected chi connectivity index (χ1v) is 9.97. The Labute approximate surface area is 175 Å². The molecular weight excluding hydrogens is 397 g/mol. The lowest BCUT2D eigenvalue weighted by molar-refractivity contribution is -0.119. The molecule has 1 aliphatic heterocycles. The second-order valence-electron chi connectivity index (χ2n) is 6.89. The second-order valence-corrected chi connectivity index (χ2v) is 7.67. The van der Waals surface area contributed by atoms with Crippen molar-refractivity contribution in [3.05, 3.63) is 69.2 Å². The molecule has 28 heavy (non-hydrogen) atoms. The quantitative estimate of drug-likeness (QED) is 0.805. The normalized spacial score (nSPS) is 14.8. The van der Waals surface area contributed by atoms with Gasteiger partial charge in [-0.05, 0) is 29.3 Å². The van der Waals surface area contributed by atoms with Gasteiger partial charge in [-0.1, -0.05) is 47.5 Å². The topological polar surface area (TPSA) is 52.7 Å². The molecule has 0 saturated carbocycles. The summed E-state index contributed by atoms with van der Waals surface area (Å²) >= 11 is 12.4. The Hall–Kier alpha value is -2.08. The van der Waals surface area contributed by atoms with Crippen molar-refractivity contribution < 1.29 is 9.59 Å². The molecule has 2 aromatic carbocycles. The van der Waals surface area contributed by atoms with Crippen LogP contribution < -0.4 is 5.32 Å². The third kappa shape index (κ3) is 5.25. The number of hydrogen-bond acceptors (Lipinski definition) is 3. The van der Waals surface area contributed by atoms with E-state index in [1.807, 2.05) is 41.3 Å². The van der Waals surface area contributed by atoms with E-state index in [1.54, 1.807) is 6.07 Å². The van der Waals surface area contributed by atoms with E-state index >= 15 is 0 Å². The Kier molecular flexibility index (Phi) is 6.94.